The fourth-order valence-corrected chi connectivity index (χ4v) is 4.88. The van der Waals surface area contributed by atoms with Crippen molar-refractivity contribution < 1.29 is 18.3 Å². The molecular weight excluding hydrogens is 412 g/mol. The number of ether oxygens (including phenoxy) is 1. The van der Waals surface area contributed by atoms with Gasteiger partial charge in [-0.2, -0.15) is 0 Å². The van der Waals surface area contributed by atoms with Crippen molar-refractivity contribution in [2.24, 2.45) is 5.92 Å². The van der Waals surface area contributed by atoms with E-state index in [-0.39, 0.29) is 23.8 Å². The summed E-state index contributed by atoms with van der Waals surface area (Å²) in [5, 5.41) is 3.41. The fraction of sp³-hybridized carbons (Fsp3) is 0.480. The molecule has 32 heavy (non-hydrogen) atoms. The summed E-state index contributed by atoms with van der Waals surface area (Å²) in [5.74, 6) is -0.172. The second-order valence-electron chi connectivity index (χ2n) is 8.90. The van der Waals surface area contributed by atoms with Crippen LogP contribution in [0.4, 0.5) is 8.78 Å². The number of carbonyl (C=O) groups excluding carboxylic acids is 1. The Bertz CT molecular complexity index is 929. The standard InChI is InChI=1S/C25H31F2N3O2/c1-29-9-11-30(12-10-29)25(31)23-15-20(28-16-18-3-6-19(26)13-24(18)27)14-22(23)17-4-7-21(32-2)8-5-17/h3-8,13,20,22-23,28H,9-12,14-16H2,1-2H3/t20-,22+,23-/m0/s1. The molecule has 0 aromatic heterocycles. The topological polar surface area (TPSA) is 44.8 Å². The maximum atomic E-state index is 14.1. The Morgan fingerprint density at radius 1 is 1.06 bits per heavy atom. The molecule has 1 aliphatic heterocycles. The Balaban J connectivity index is 1.49. The number of hydrogen-bond acceptors (Lipinski definition) is 4. The number of carbonyl (C=O) groups is 1. The summed E-state index contributed by atoms with van der Waals surface area (Å²) in [5.41, 5.74) is 1.55. The van der Waals surface area contributed by atoms with E-state index >= 15 is 0 Å². The van der Waals surface area contributed by atoms with Gasteiger partial charge >= 0.3 is 0 Å². The first-order chi connectivity index (χ1) is 15.4. The van der Waals surface area contributed by atoms with E-state index in [9.17, 15) is 13.6 Å². The highest BCUT2D eigenvalue weighted by atomic mass is 19.1. The second kappa shape index (κ2) is 9.96. The second-order valence-corrected chi connectivity index (χ2v) is 8.90. The summed E-state index contributed by atoms with van der Waals surface area (Å²) in [7, 11) is 3.71. The van der Waals surface area contributed by atoms with Gasteiger partial charge in [-0.25, -0.2) is 8.78 Å². The summed E-state index contributed by atoms with van der Waals surface area (Å²) in [4.78, 5) is 17.7. The van der Waals surface area contributed by atoms with Crippen molar-refractivity contribution in [3.8, 4) is 5.75 Å². The summed E-state index contributed by atoms with van der Waals surface area (Å²) in [6, 6.07) is 11.7. The molecular formula is C25H31F2N3O2. The van der Waals surface area contributed by atoms with Gasteiger partial charge in [-0.1, -0.05) is 18.2 Å². The maximum absolute atomic E-state index is 14.1. The monoisotopic (exact) mass is 443 g/mol. The molecule has 1 saturated carbocycles. The molecule has 1 N–H and O–H groups in total. The van der Waals surface area contributed by atoms with Gasteiger partial charge in [-0.15, -0.1) is 0 Å². The van der Waals surface area contributed by atoms with E-state index in [1.165, 1.54) is 12.1 Å². The van der Waals surface area contributed by atoms with Crippen molar-refractivity contribution >= 4 is 5.91 Å². The fourth-order valence-electron chi connectivity index (χ4n) is 4.88. The van der Waals surface area contributed by atoms with E-state index in [1.807, 2.05) is 29.2 Å². The van der Waals surface area contributed by atoms with Crippen molar-refractivity contribution in [2.45, 2.75) is 31.3 Å². The largest absolute Gasteiger partial charge is 0.497 e. The van der Waals surface area contributed by atoms with E-state index in [0.717, 1.165) is 50.0 Å². The van der Waals surface area contributed by atoms with E-state index < -0.39 is 11.6 Å². The molecule has 2 aromatic rings. The first-order valence-electron chi connectivity index (χ1n) is 11.2. The van der Waals surface area contributed by atoms with E-state index in [4.69, 9.17) is 4.74 Å². The SMILES string of the molecule is COc1ccc([C@H]2C[C@H](NCc3ccc(F)cc3F)C[C@@H]2C(=O)N2CCN(C)CC2)cc1. The average Bonchev–Trinajstić information content (AvgIpc) is 3.23. The predicted molar refractivity (Wildman–Crippen MR) is 120 cm³/mol. The molecule has 0 radical (unpaired) electrons. The Morgan fingerprint density at radius 2 is 1.78 bits per heavy atom. The van der Waals surface area contributed by atoms with Crippen molar-refractivity contribution in [3.63, 3.8) is 0 Å². The molecule has 1 amide bonds. The van der Waals surface area contributed by atoms with Gasteiger partial charge in [0.05, 0.1) is 7.11 Å². The molecule has 3 atom stereocenters. The minimum atomic E-state index is -0.579. The molecule has 172 valence electrons. The molecule has 0 spiro atoms. The number of likely N-dealkylation sites (N-methyl/N-ethyl adjacent to an activating group) is 1. The zero-order valence-corrected chi connectivity index (χ0v) is 18.7. The van der Waals surface area contributed by atoms with Crippen LogP contribution in [0.15, 0.2) is 42.5 Å². The van der Waals surface area contributed by atoms with Crippen LogP contribution in [0.1, 0.15) is 29.9 Å². The first-order valence-corrected chi connectivity index (χ1v) is 11.2. The minimum absolute atomic E-state index is 0.0768. The molecule has 1 aliphatic carbocycles. The van der Waals surface area contributed by atoms with Gasteiger partial charge in [0.2, 0.25) is 5.91 Å². The average molecular weight is 444 g/mol. The Kier molecular flexibility index (Phi) is 7.06. The van der Waals surface area contributed by atoms with Gasteiger partial charge in [0.15, 0.2) is 0 Å². The normalized spacial score (nSPS) is 24.0. The number of halogens is 2. The predicted octanol–water partition coefficient (Wildman–Crippen LogP) is 3.40. The van der Waals surface area contributed by atoms with Crippen LogP contribution in [-0.2, 0) is 11.3 Å². The molecule has 2 fully saturated rings. The highest BCUT2D eigenvalue weighted by Crippen LogP contribution is 2.41. The van der Waals surface area contributed by atoms with Crippen LogP contribution in [0.3, 0.4) is 0 Å². The number of benzene rings is 2. The molecule has 1 saturated heterocycles. The smallest absolute Gasteiger partial charge is 0.226 e. The van der Waals surface area contributed by atoms with Gasteiger partial charge in [-0.05, 0) is 49.6 Å². The Hall–Kier alpha value is -2.51. The zero-order valence-electron chi connectivity index (χ0n) is 18.7. The number of methoxy groups -OCH3 is 1. The number of amides is 1. The summed E-state index contributed by atoms with van der Waals surface area (Å²) in [6.07, 6.45) is 1.49. The van der Waals surface area contributed by atoms with Crippen LogP contribution in [0.25, 0.3) is 0 Å². The van der Waals surface area contributed by atoms with E-state index in [2.05, 4.69) is 17.3 Å². The molecule has 5 nitrogen and oxygen atoms in total. The summed E-state index contributed by atoms with van der Waals surface area (Å²) >= 11 is 0. The molecule has 1 heterocycles. The Morgan fingerprint density at radius 3 is 2.44 bits per heavy atom. The van der Waals surface area contributed by atoms with Gasteiger partial charge in [0, 0.05) is 56.3 Å². The minimum Gasteiger partial charge on any atom is -0.497 e. The van der Waals surface area contributed by atoms with Gasteiger partial charge in [-0.3, -0.25) is 4.79 Å². The van der Waals surface area contributed by atoms with Crippen LogP contribution in [-0.4, -0.2) is 62.1 Å². The van der Waals surface area contributed by atoms with Crippen LogP contribution in [0.5, 0.6) is 5.75 Å². The zero-order chi connectivity index (χ0) is 22.7. The van der Waals surface area contributed by atoms with Gasteiger partial charge in [0.1, 0.15) is 17.4 Å². The maximum Gasteiger partial charge on any atom is 0.226 e. The van der Waals surface area contributed by atoms with Crippen molar-refractivity contribution in [2.75, 3.05) is 40.3 Å². The molecule has 0 unspecified atom stereocenters. The van der Waals surface area contributed by atoms with Crippen molar-refractivity contribution in [1.82, 2.24) is 15.1 Å². The summed E-state index contributed by atoms with van der Waals surface area (Å²) in [6.45, 7) is 3.58. The number of nitrogens with zero attached hydrogens (tertiary/aromatic N) is 2. The van der Waals surface area contributed by atoms with Crippen LogP contribution >= 0.6 is 0 Å². The highest BCUT2D eigenvalue weighted by Gasteiger charge is 2.41. The summed E-state index contributed by atoms with van der Waals surface area (Å²) < 4.78 is 32.6. The van der Waals surface area contributed by atoms with Crippen molar-refractivity contribution in [3.05, 3.63) is 65.2 Å². The van der Waals surface area contributed by atoms with Crippen LogP contribution in [0, 0.1) is 17.6 Å². The van der Waals surface area contributed by atoms with Gasteiger partial charge < -0.3 is 19.9 Å². The third-order valence-corrected chi connectivity index (χ3v) is 6.84. The lowest BCUT2D eigenvalue weighted by Crippen LogP contribution is -2.49. The Labute approximate surface area is 188 Å². The molecule has 7 heteroatoms. The lowest BCUT2D eigenvalue weighted by atomic mass is 9.87. The van der Waals surface area contributed by atoms with Gasteiger partial charge in [0.25, 0.3) is 0 Å². The molecule has 2 aromatic carbocycles. The van der Waals surface area contributed by atoms with Crippen molar-refractivity contribution in [1.29, 1.82) is 0 Å². The number of piperazine rings is 1. The third-order valence-electron chi connectivity index (χ3n) is 6.84. The number of nitrogens with one attached hydrogen (secondary N) is 1. The first kappa shape index (κ1) is 22.7. The van der Waals surface area contributed by atoms with E-state index in [1.54, 1.807) is 7.11 Å². The van der Waals surface area contributed by atoms with E-state index in [0.29, 0.717) is 18.5 Å². The number of rotatable bonds is 6. The molecule has 2 aliphatic rings. The van der Waals surface area contributed by atoms with Crippen LogP contribution < -0.4 is 10.1 Å². The molecule has 4 rings (SSSR count). The molecule has 0 bridgehead atoms. The van der Waals surface area contributed by atoms with Crippen LogP contribution in [0.2, 0.25) is 0 Å². The third kappa shape index (κ3) is 5.10. The highest BCUT2D eigenvalue weighted by molar-refractivity contribution is 5.80. The lowest BCUT2D eigenvalue weighted by Gasteiger charge is -2.35. The quantitative estimate of drug-likeness (QED) is 0.743. The number of hydrogen-bond donors (Lipinski definition) is 1. The lowest BCUT2D eigenvalue weighted by molar-refractivity contribution is -0.137.